The third kappa shape index (κ3) is 2.47. The first-order valence-corrected chi connectivity index (χ1v) is 5.66. The average molecular weight is 231 g/mol. The van der Waals surface area contributed by atoms with Crippen molar-refractivity contribution in [3.05, 3.63) is 47.8 Å². The van der Waals surface area contributed by atoms with Gasteiger partial charge in [-0.3, -0.25) is 4.68 Å². The monoisotopic (exact) mass is 231 g/mol. The van der Waals surface area contributed by atoms with E-state index in [1.165, 1.54) is 0 Å². The van der Waals surface area contributed by atoms with Gasteiger partial charge in [-0.25, -0.2) is 0 Å². The molecule has 2 N–H and O–H groups in total. The van der Waals surface area contributed by atoms with Gasteiger partial charge in [0.25, 0.3) is 0 Å². The molecule has 90 valence electrons. The van der Waals surface area contributed by atoms with Gasteiger partial charge in [0.1, 0.15) is 5.75 Å². The van der Waals surface area contributed by atoms with E-state index in [4.69, 9.17) is 10.5 Å². The first-order chi connectivity index (χ1) is 8.24. The quantitative estimate of drug-likeness (QED) is 0.875. The fourth-order valence-corrected chi connectivity index (χ4v) is 1.74. The summed E-state index contributed by atoms with van der Waals surface area (Å²) in [6.07, 6.45) is 3.79. The molecule has 4 nitrogen and oxygen atoms in total. The Morgan fingerprint density at radius 2 is 2.24 bits per heavy atom. The predicted molar refractivity (Wildman–Crippen MR) is 66.9 cm³/mol. The number of benzene rings is 1. The summed E-state index contributed by atoms with van der Waals surface area (Å²) >= 11 is 0. The molecule has 0 amide bonds. The maximum Gasteiger partial charge on any atom is 0.119 e. The Balaban J connectivity index is 2.26. The molecular formula is C13H17N3O. The van der Waals surface area contributed by atoms with Crippen LogP contribution in [-0.2, 0) is 6.54 Å². The maximum absolute atomic E-state index is 6.20. The van der Waals surface area contributed by atoms with Gasteiger partial charge in [-0.05, 0) is 24.6 Å². The largest absolute Gasteiger partial charge is 0.497 e. The van der Waals surface area contributed by atoms with E-state index >= 15 is 0 Å². The van der Waals surface area contributed by atoms with E-state index < -0.39 is 0 Å². The molecule has 1 aromatic heterocycles. The zero-order chi connectivity index (χ0) is 12.3. The number of nitrogens with zero attached hydrogens (tertiary/aromatic N) is 2. The molecule has 0 radical (unpaired) electrons. The lowest BCUT2D eigenvalue weighted by atomic mass is 10.0. The summed E-state index contributed by atoms with van der Waals surface area (Å²) in [5.41, 5.74) is 8.24. The Morgan fingerprint density at radius 3 is 2.88 bits per heavy atom. The first-order valence-electron chi connectivity index (χ1n) is 5.66. The summed E-state index contributed by atoms with van der Waals surface area (Å²) in [7, 11) is 1.65. The number of aromatic nitrogens is 2. The van der Waals surface area contributed by atoms with Crippen LogP contribution in [0.3, 0.4) is 0 Å². The summed E-state index contributed by atoms with van der Waals surface area (Å²) in [5, 5.41) is 4.23. The lowest BCUT2D eigenvalue weighted by Crippen LogP contribution is -2.11. The van der Waals surface area contributed by atoms with Crippen molar-refractivity contribution in [1.82, 2.24) is 9.78 Å². The van der Waals surface area contributed by atoms with Gasteiger partial charge >= 0.3 is 0 Å². The van der Waals surface area contributed by atoms with E-state index in [2.05, 4.69) is 5.10 Å². The number of methoxy groups -OCH3 is 1. The fourth-order valence-electron chi connectivity index (χ4n) is 1.74. The van der Waals surface area contributed by atoms with Gasteiger partial charge in [0.2, 0.25) is 0 Å². The second-order valence-electron chi connectivity index (χ2n) is 3.88. The fraction of sp³-hybridized carbons (Fsp3) is 0.308. The van der Waals surface area contributed by atoms with Gasteiger partial charge in [0.15, 0.2) is 0 Å². The lowest BCUT2D eigenvalue weighted by Gasteiger charge is -2.11. The van der Waals surface area contributed by atoms with Crippen molar-refractivity contribution < 1.29 is 4.74 Å². The van der Waals surface area contributed by atoms with E-state index in [1.54, 1.807) is 7.11 Å². The maximum atomic E-state index is 6.20. The van der Waals surface area contributed by atoms with Crippen LogP contribution in [-0.4, -0.2) is 16.9 Å². The van der Waals surface area contributed by atoms with Crippen LogP contribution >= 0.6 is 0 Å². The third-order valence-electron chi connectivity index (χ3n) is 2.79. The predicted octanol–water partition coefficient (Wildman–Crippen LogP) is 1.96. The minimum atomic E-state index is -0.162. The van der Waals surface area contributed by atoms with Gasteiger partial charge in [-0.1, -0.05) is 12.1 Å². The SMILES string of the molecule is CCn1cc(C(N)c2cccc(OC)c2)cn1. The van der Waals surface area contributed by atoms with Crippen LogP contribution in [0.5, 0.6) is 5.75 Å². The molecule has 1 unspecified atom stereocenters. The minimum Gasteiger partial charge on any atom is -0.497 e. The Labute approximate surface area is 101 Å². The zero-order valence-corrected chi connectivity index (χ0v) is 10.1. The summed E-state index contributed by atoms with van der Waals surface area (Å²) in [6.45, 7) is 2.90. The van der Waals surface area contributed by atoms with Crippen LogP contribution in [0.15, 0.2) is 36.7 Å². The van der Waals surface area contributed by atoms with Crippen LogP contribution < -0.4 is 10.5 Å². The summed E-state index contributed by atoms with van der Waals surface area (Å²) in [6, 6.07) is 7.64. The van der Waals surface area contributed by atoms with Crippen LogP contribution in [0, 0.1) is 0 Å². The Kier molecular flexibility index (Phi) is 3.44. The topological polar surface area (TPSA) is 53.1 Å². The number of hydrogen-bond donors (Lipinski definition) is 1. The molecule has 0 saturated heterocycles. The Bertz CT molecular complexity index is 493. The highest BCUT2D eigenvalue weighted by atomic mass is 16.5. The number of aryl methyl sites for hydroxylation is 1. The van der Waals surface area contributed by atoms with Crippen molar-refractivity contribution in [3.8, 4) is 5.75 Å². The summed E-state index contributed by atoms with van der Waals surface area (Å²) in [5.74, 6) is 0.820. The number of ether oxygens (including phenoxy) is 1. The van der Waals surface area contributed by atoms with Crippen LogP contribution in [0.1, 0.15) is 24.1 Å². The van der Waals surface area contributed by atoms with Gasteiger partial charge in [-0.15, -0.1) is 0 Å². The van der Waals surface area contributed by atoms with E-state index in [0.29, 0.717) is 0 Å². The number of hydrogen-bond acceptors (Lipinski definition) is 3. The van der Waals surface area contributed by atoms with Crippen LogP contribution in [0.2, 0.25) is 0 Å². The standard InChI is InChI=1S/C13H17N3O/c1-3-16-9-11(8-15-16)13(14)10-5-4-6-12(7-10)17-2/h4-9,13H,3,14H2,1-2H3. The molecule has 0 saturated carbocycles. The molecule has 0 fully saturated rings. The smallest absolute Gasteiger partial charge is 0.119 e. The van der Waals surface area contributed by atoms with Gasteiger partial charge in [0.05, 0.1) is 19.3 Å². The van der Waals surface area contributed by atoms with Crippen molar-refractivity contribution in [1.29, 1.82) is 0 Å². The molecule has 2 aromatic rings. The van der Waals surface area contributed by atoms with Crippen molar-refractivity contribution in [2.75, 3.05) is 7.11 Å². The summed E-state index contributed by atoms with van der Waals surface area (Å²) in [4.78, 5) is 0. The lowest BCUT2D eigenvalue weighted by molar-refractivity contribution is 0.414. The highest BCUT2D eigenvalue weighted by molar-refractivity contribution is 5.34. The molecule has 1 heterocycles. The third-order valence-corrected chi connectivity index (χ3v) is 2.79. The van der Waals surface area contributed by atoms with Crippen molar-refractivity contribution in [2.45, 2.75) is 19.5 Å². The Morgan fingerprint density at radius 1 is 1.41 bits per heavy atom. The van der Waals surface area contributed by atoms with Crippen molar-refractivity contribution in [2.24, 2.45) is 5.73 Å². The molecule has 0 aliphatic heterocycles. The first kappa shape index (κ1) is 11.7. The summed E-state index contributed by atoms with van der Waals surface area (Å²) < 4.78 is 7.06. The molecule has 0 aliphatic carbocycles. The van der Waals surface area contributed by atoms with Gasteiger partial charge < -0.3 is 10.5 Å². The van der Waals surface area contributed by atoms with Crippen LogP contribution in [0.4, 0.5) is 0 Å². The second-order valence-corrected chi connectivity index (χ2v) is 3.88. The molecule has 0 bridgehead atoms. The highest BCUT2D eigenvalue weighted by Crippen LogP contribution is 2.22. The van der Waals surface area contributed by atoms with Crippen molar-refractivity contribution in [3.63, 3.8) is 0 Å². The van der Waals surface area contributed by atoms with Crippen LogP contribution in [0.25, 0.3) is 0 Å². The molecular weight excluding hydrogens is 214 g/mol. The molecule has 1 atom stereocenters. The number of nitrogens with two attached hydrogens (primary N) is 1. The highest BCUT2D eigenvalue weighted by Gasteiger charge is 2.11. The Hall–Kier alpha value is -1.81. The average Bonchev–Trinajstić information content (AvgIpc) is 2.86. The number of rotatable bonds is 4. The molecule has 0 aliphatic rings. The van der Waals surface area contributed by atoms with Gasteiger partial charge in [0, 0.05) is 18.3 Å². The van der Waals surface area contributed by atoms with Gasteiger partial charge in [-0.2, -0.15) is 5.10 Å². The van der Waals surface area contributed by atoms with E-state index in [0.717, 1.165) is 23.4 Å². The molecule has 4 heteroatoms. The van der Waals surface area contributed by atoms with E-state index in [9.17, 15) is 0 Å². The van der Waals surface area contributed by atoms with Crippen molar-refractivity contribution >= 4 is 0 Å². The zero-order valence-electron chi connectivity index (χ0n) is 10.1. The molecule has 2 rings (SSSR count). The molecule has 1 aromatic carbocycles. The normalized spacial score (nSPS) is 12.4. The molecule has 17 heavy (non-hydrogen) atoms. The van der Waals surface area contributed by atoms with E-state index in [-0.39, 0.29) is 6.04 Å². The minimum absolute atomic E-state index is 0.162. The molecule has 0 spiro atoms. The second kappa shape index (κ2) is 5.01. The van der Waals surface area contributed by atoms with E-state index in [1.807, 2.05) is 48.3 Å².